The van der Waals surface area contributed by atoms with E-state index < -0.39 is 51.8 Å². The fourth-order valence-electron chi connectivity index (χ4n) is 4.80. The van der Waals surface area contributed by atoms with Crippen LogP contribution in [0.1, 0.15) is 136 Å². The molecule has 56 heavy (non-hydrogen) atoms. The number of hydrogen-bond acceptors (Lipinski definition) is 9. The number of hydrogen-bond donors (Lipinski definition) is 3. The number of esters is 2. The fraction of sp³-hybridized carbons (Fsp3) is 0.600. The summed E-state index contributed by atoms with van der Waals surface area (Å²) in [6.07, 6.45) is 48.2. The van der Waals surface area contributed by atoms with Crippen LogP contribution in [0.2, 0.25) is 0 Å². The first kappa shape index (κ1) is 52.9. The Morgan fingerprint density at radius 3 is 1.55 bits per heavy atom. The zero-order valence-electron chi connectivity index (χ0n) is 34.3. The van der Waals surface area contributed by atoms with Gasteiger partial charge in [0.25, 0.3) is 0 Å². The smallest absolute Gasteiger partial charge is 0.462 e. The first-order valence-corrected chi connectivity index (χ1v) is 22.2. The lowest BCUT2D eigenvalue weighted by Crippen LogP contribution is -2.29. The Morgan fingerprint density at radius 2 is 1.02 bits per heavy atom. The van der Waals surface area contributed by atoms with Crippen LogP contribution in [-0.4, -0.2) is 65.7 Å². The Bertz CT molecular complexity index is 1250. The Balaban J connectivity index is 4.50. The highest BCUT2D eigenvalue weighted by molar-refractivity contribution is 7.47. The molecule has 0 aromatic carbocycles. The van der Waals surface area contributed by atoms with E-state index in [1.807, 2.05) is 12.2 Å². The summed E-state index contributed by atoms with van der Waals surface area (Å²) in [4.78, 5) is 34.9. The minimum absolute atomic E-state index is 0.0501. The van der Waals surface area contributed by atoms with Gasteiger partial charge in [-0.1, -0.05) is 143 Å². The second-order valence-electron chi connectivity index (χ2n) is 13.3. The summed E-state index contributed by atoms with van der Waals surface area (Å²) < 4.78 is 32.6. The third-order valence-corrected chi connectivity index (χ3v) is 8.94. The third-order valence-electron chi connectivity index (χ3n) is 7.99. The van der Waals surface area contributed by atoms with E-state index in [-0.39, 0.29) is 19.4 Å². The molecule has 0 heterocycles. The van der Waals surface area contributed by atoms with Gasteiger partial charge in [0.15, 0.2) is 6.10 Å². The Morgan fingerprint density at radius 1 is 0.554 bits per heavy atom. The van der Waals surface area contributed by atoms with Gasteiger partial charge in [-0.2, -0.15) is 0 Å². The van der Waals surface area contributed by atoms with Gasteiger partial charge in [0.2, 0.25) is 0 Å². The topological polar surface area (TPSA) is 149 Å². The standard InChI is InChI=1S/C45H73O10P/c1-3-5-7-9-11-13-15-17-19-20-21-22-23-25-27-29-31-33-35-37-45(49)55-43(41-54-56(50,51)53-39-42(47)38-46)40-52-44(48)36-34-32-30-28-26-24-18-16-14-12-10-8-6-4-2/h5,7,10-13,16-19,21-22,25,27,31,33,42-43,46-47H,3-4,6,8-9,14-15,20,23-24,26,28-30,32,34-41H2,1-2H3,(H,50,51)/b7-5-,12-10-,13-11-,18-16-,19-17-,22-21-,27-25-,33-31-/t42-,43+/m0/s1. The highest BCUT2D eigenvalue weighted by Gasteiger charge is 2.27. The van der Waals surface area contributed by atoms with Crippen molar-refractivity contribution < 1.29 is 47.8 Å². The average molecular weight is 805 g/mol. The first-order valence-electron chi connectivity index (χ1n) is 20.7. The molecule has 0 bridgehead atoms. The molecule has 10 nitrogen and oxygen atoms in total. The largest absolute Gasteiger partial charge is 0.472 e. The lowest BCUT2D eigenvalue weighted by molar-refractivity contribution is -0.161. The van der Waals surface area contributed by atoms with Gasteiger partial charge in [0, 0.05) is 12.8 Å². The number of ether oxygens (including phenoxy) is 2. The van der Waals surface area contributed by atoms with Crippen LogP contribution in [0.15, 0.2) is 97.2 Å². The van der Waals surface area contributed by atoms with E-state index in [0.717, 1.165) is 83.5 Å². The molecule has 11 heteroatoms. The predicted molar refractivity (Wildman–Crippen MR) is 228 cm³/mol. The summed E-state index contributed by atoms with van der Waals surface area (Å²) in [7, 11) is -4.65. The molecule has 0 amide bonds. The number of phosphoric acid groups is 1. The molecule has 3 atom stereocenters. The minimum Gasteiger partial charge on any atom is -0.462 e. The van der Waals surface area contributed by atoms with E-state index in [1.165, 1.54) is 12.8 Å². The van der Waals surface area contributed by atoms with E-state index in [1.54, 1.807) is 0 Å². The van der Waals surface area contributed by atoms with Gasteiger partial charge in [0.05, 0.1) is 19.8 Å². The number of phosphoric ester groups is 1. The van der Waals surface area contributed by atoms with E-state index in [0.29, 0.717) is 12.8 Å². The second-order valence-corrected chi connectivity index (χ2v) is 14.7. The number of rotatable bonds is 37. The molecule has 1 unspecified atom stereocenters. The molecule has 0 rings (SSSR count). The van der Waals surface area contributed by atoms with Gasteiger partial charge >= 0.3 is 19.8 Å². The number of allylic oxidation sites excluding steroid dienone is 16. The molecule has 3 N–H and O–H groups in total. The van der Waals surface area contributed by atoms with Gasteiger partial charge in [-0.05, 0) is 77.0 Å². The zero-order chi connectivity index (χ0) is 41.2. The predicted octanol–water partition coefficient (Wildman–Crippen LogP) is 10.8. The van der Waals surface area contributed by atoms with Crippen molar-refractivity contribution in [1.29, 1.82) is 0 Å². The van der Waals surface area contributed by atoms with Gasteiger partial charge < -0.3 is 24.6 Å². The molecule has 0 aliphatic heterocycles. The summed E-state index contributed by atoms with van der Waals surface area (Å²) >= 11 is 0. The van der Waals surface area contributed by atoms with E-state index >= 15 is 0 Å². The fourth-order valence-corrected chi connectivity index (χ4v) is 5.59. The molecule has 0 aromatic rings. The van der Waals surface area contributed by atoms with Gasteiger partial charge in [-0.25, -0.2) is 4.57 Å². The molecule has 0 fully saturated rings. The van der Waals surface area contributed by atoms with Crippen molar-refractivity contribution in [3.8, 4) is 0 Å². The van der Waals surface area contributed by atoms with Gasteiger partial charge in [-0.3, -0.25) is 18.6 Å². The highest BCUT2D eigenvalue weighted by Crippen LogP contribution is 2.43. The van der Waals surface area contributed by atoms with Crippen LogP contribution in [-0.2, 0) is 32.7 Å². The van der Waals surface area contributed by atoms with Crippen molar-refractivity contribution in [2.24, 2.45) is 0 Å². The highest BCUT2D eigenvalue weighted by atomic mass is 31.2. The summed E-state index contributed by atoms with van der Waals surface area (Å²) in [6.45, 7) is 2.09. The van der Waals surface area contributed by atoms with Crippen molar-refractivity contribution in [2.45, 2.75) is 148 Å². The Hall–Kier alpha value is -3.11. The first-order chi connectivity index (χ1) is 27.2. The van der Waals surface area contributed by atoms with Crippen molar-refractivity contribution in [1.82, 2.24) is 0 Å². The molecule has 0 saturated carbocycles. The van der Waals surface area contributed by atoms with E-state index in [2.05, 4.69) is 103 Å². The lowest BCUT2D eigenvalue weighted by Gasteiger charge is -2.20. The van der Waals surface area contributed by atoms with Crippen molar-refractivity contribution in [3.05, 3.63) is 97.2 Å². The molecule has 318 valence electrons. The second kappa shape index (κ2) is 40.1. The number of aliphatic hydroxyl groups is 2. The van der Waals surface area contributed by atoms with Crippen LogP contribution in [0.25, 0.3) is 0 Å². The third kappa shape index (κ3) is 39.1. The Labute approximate surface area is 338 Å². The lowest BCUT2D eigenvalue weighted by atomic mass is 10.1. The number of carbonyl (C=O) groups is 2. The summed E-state index contributed by atoms with van der Waals surface area (Å²) in [5.74, 6) is -1.05. The van der Waals surface area contributed by atoms with E-state index in [9.17, 15) is 24.2 Å². The SMILES string of the molecule is CC/C=C\C/C=C\C/C=C\C/C=C\C/C=C\C/C=C\CCC(=O)O[C@H](COC(=O)CCCCCCC/C=C\C/C=C\CCCC)COP(=O)(O)OC[C@@H](O)CO. The normalized spacial score (nSPS) is 14.9. The van der Waals surface area contributed by atoms with Crippen LogP contribution in [0.4, 0.5) is 0 Å². The van der Waals surface area contributed by atoms with Crippen LogP contribution < -0.4 is 0 Å². The summed E-state index contributed by atoms with van der Waals surface area (Å²) in [5.41, 5.74) is 0. The summed E-state index contributed by atoms with van der Waals surface area (Å²) in [6, 6.07) is 0. The maximum Gasteiger partial charge on any atom is 0.472 e. The minimum atomic E-state index is -4.65. The number of aliphatic hydroxyl groups excluding tert-OH is 2. The van der Waals surface area contributed by atoms with Crippen molar-refractivity contribution in [2.75, 3.05) is 26.4 Å². The molecule has 0 aromatic heterocycles. The van der Waals surface area contributed by atoms with Crippen LogP contribution >= 0.6 is 7.82 Å². The Kier molecular flexibility index (Phi) is 37.9. The van der Waals surface area contributed by atoms with Crippen molar-refractivity contribution in [3.63, 3.8) is 0 Å². The molecule has 0 radical (unpaired) electrons. The quantitative estimate of drug-likeness (QED) is 0.0240. The molecule has 0 spiro atoms. The maximum absolute atomic E-state index is 12.6. The molecular formula is C45H73O10P. The molecular weight excluding hydrogens is 731 g/mol. The van der Waals surface area contributed by atoms with Crippen LogP contribution in [0, 0.1) is 0 Å². The average Bonchev–Trinajstić information content (AvgIpc) is 3.19. The van der Waals surface area contributed by atoms with Crippen LogP contribution in [0.3, 0.4) is 0 Å². The number of unbranched alkanes of at least 4 members (excludes halogenated alkanes) is 7. The molecule has 0 saturated heterocycles. The van der Waals surface area contributed by atoms with Crippen molar-refractivity contribution >= 4 is 19.8 Å². The van der Waals surface area contributed by atoms with E-state index in [4.69, 9.17) is 19.1 Å². The molecule has 0 aliphatic carbocycles. The van der Waals surface area contributed by atoms with Crippen LogP contribution in [0.5, 0.6) is 0 Å². The molecule has 0 aliphatic rings. The maximum atomic E-state index is 12.6. The zero-order valence-corrected chi connectivity index (χ0v) is 35.2. The van der Waals surface area contributed by atoms with Gasteiger partial charge in [0.1, 0.15) is 12.7 Å². The number of carbonyl (C=O) groups excluding carboxylic acids is 2. The monoisotopic (exact) mass is 804 g/mol. The summed E-state index contributed by atoms with van der Waals surface area (Å²) in [5, 5.41) is 18.3. The van der Waals surface area contributed by atoms with Gasteiger partial charge in [-0.15, -0.1) is 0 Å².